The third kappa shape index (κ3) is 6.43. The Balaban J connectivity index is 1.91. The lowest BCUT2D eigenvalue weighted by atomic mass is 10.1. The number of terminal acetylenes is 1. The molecule has 1 aliphatic rings. The highest BCUT2D eigenvalue weighted by atomic mass is 79.9. The minimum Gasteiger partial charge on any atom is -0.490 e. The van der Waals surface area contributed by atoms with Crippen molar-refractivity contribution in [3.63, 3.8) is 0 Å². The van der Waals surface area contributed by atoms with Gasteiger partial charge in [-0.25, -0.2) is 4.79 Å². The number of hydrogen-bond donors (Lipinski definition) is 1. The van der Waals surface area contributed by atoms with Crippen molar-refractivity contribution >= 4 is 39.9 Å². The largest absolute Gasteiger partial charge is 0.490 e. The lowest BCUT2D eigenvalue weighted by Crippen LogP contribution is -2.53. The quantitative estimate of drug-likeness (QED) is 0.274. The van der Waals surface area contributed by atoms with Crippen LogP contribution in [0, 0.1) is 12.3 Å². The number of amides is 4. The molecule has 1 fully saturated rings. The van der Waals surface area contributed by atoms with Gasteiger partial charge in [-0.2, -0.15) is 0 Å². The minimum absolute atomic E-state index is 0.0166. The predicted molar refractivity (Wildman–Crippen MR) is 134 cm³/mol. The fraction of sp³-hybridized carbons (Fsp3) is 0.269. The summed E-state index contributed by atoms with van der Waals surface area (Å²) in [4.78, 5) is 39.3. The number of nitrogens with zero attached hydrogens (tertiary/aromatic N) is 1. The summed E-state index contributed by atoms with van der Waals surface area (Å²) in [5, 5.41) is 2.22. The van der Waals surface area contributed by atoms with Gasteiger partial charge in [0.2, 0.25) is 0 Å². The van der Waals surface area contributed by atoms with Crippen LogP contribution in [0.25, 0.3) is 6.08 Å². The molecule has 0 unspecified atom stereocenters. The van der Waals surface area contributed by atoms with E-state index in [2.05, 4.69) is 27.2 Å². The number of hydrogen-bond acceptors (Lipinski definition) is 6. The normalized spacial score (nSPS) is 14.5. The minimum atomic E-state index is -0.806. The first kappa shape index (κ1) is 25.8. The molecule has 0 saturated carbocycles. The Hall–Kier alpha value is -3.77. The summed E-state index contributed by atoms with van der Waals surface area (Å²) in [6.07, 6.45) is 7.49. The Morgan fingerprint density at radius 3 is 2.51 bits per heavy atom. The van der Waals surface area contributed by atoms with E-state index in [1.165, 1.54) is 6.08 Å². The highest BCUT2D eigenvalue weighted by Gasteiger charge is 2.36. The second-order valence-corrected chi connectivity index (χ2v) is 8.36. The molecule has 0 aliphatic carbocycles. The molecule has 0 atom stereocenters. The molecular formula is C26H25BrN2O6. The summed E-state index contributed by atoms with van der Waals surface area (Å²) in [6, 6.07) is 9.49. The van der Waals surface area contributed by atoms with Gasteiger partial charge >= 0.3 is 6.03 Å². The molecule has 1 aliphatic heterocycles. The maximum Gasteiger partial charge on any atom is 0.331 e. The van der Waals surface area contributed by atoms with E-state index in [0.29, 0.717) is 46.1 Å². The fourth-order valence-corrected chi connectivity index (χ4v) is 3.69. The molecule has 0 bridgehead atoms. The highest BCUT2D eigenvalue weighted by molar-refractivity contribution is 9.10. The number of halogens is 1. The summed E-state index contributed by atoms with van der Waals surface area (Å²) >= 11 is 3.37. The van der Waals surface area contributed by atoms with Gasteiger partial charge < -0.3 is 14.2 Å². The van der Waals surface area contributed by atoms with Crippen LogP contribution in [0.3, 0.4) is 0 Å². The van der Waals surface area contributed by atoms with Gasteiger partial charge in [0.15, 0.2) is 11.5 Å². The van der Waals surface area contributed by atoms with Crippen LogP contribution in [0.4, 0.5) is 4.79 Å². The summed E-state index contributed by atoms with van der Waals surface area (Å²) in [5.41, 5.74) is 0.884. The van der Waals surface area contributed by atoms with Crippen LogP contribution in [-0.4, -0.2) is 42.6 Å². The van der Waals surface area contributed by atoms with E-state index in [9.17, 15) is 14.4 Å². The van der Waals surface area contributed by atoms with Crippen molar-refractivity contribution in [3.8, 4) is 29.6 Å². The standard InChI is InChI=1S/C26H25BrN2O6/c1-4-11-34-21-10-8-19(27)14-18(21)15-20-24(30)28-26(32)29(25(20)31)16-17-7-9-22(35-12-5-2)23(13-17)33-6-3/h1,7-10,13-15H,5-6,11-12,16H2,2-3H3,(H,28,30,32)/b20-15+. The number of nitrogens with one attached hydrogen (secondary N) is 1. The Bertz CT molecular complexity index is 1200. The van der Waals surface area contributed by atoms with E-state index in [1.54, 1.807) is 36.4 Å². The summed E-state index contributed by atoms with van der Waals surface area (Å²) in [5.74, 6) is 2.34. The van der Waals surface area contributed by atoms with Gasteiger partial charge in [-0.05, 0) is 55.3 Å². The Labute approximate surface area is 212 Å². The molecule has 1 heterocycles. The second kappa shape index (κ2) is 12.1. The van der Waals surface area contributed by atoms with Crippen molar-refractivity contribution in [1.82, 2.24) is 10.2 Å². The first-order valence-electron chi connectivity index (χ1n) is 11.0. The Kier molecular flexibility index (Phi) is 8.92. The van der Waals surface area contributed by atoms with Crippen molar-refractivity contribution in [2.75, 3.05) is 19.8 Å². The van der Waals surface area contributed by atoms with E-state index < -0.39 is 17.8 Å². The van der Waals surface area contributed by atoms with E-state index in [-0.39, 0.29) is 18.7 Å². The molecule has 1 N–H and O–H groups in total. The van der Waals surface area contributed by atoms with Crippen LogP contribution >= 0.6 is 15.9 Å². The Morgan fingerprint density at radius 1 is 1.03 bits per heavy atom. The van der Waals surface area contributed by atoms with Crippen molar-refractivity contribution in [2.24, 2.45) is 0 Å². The molecule has 4 amide bonds. The topological polar surface area (TPSA) is 94.2 Å². The zero-order chi connectivity index (χ0) is 25.4. The third-order valence-electron chi connectivity index (χ3n) is 4.88. The molecule has 3 rings (SSSR count). The molecule has 0 spiro atoms. The maximum atomic E-state index is 13.2. The van der Waals surface area contributed by atoms with Crippen molar-refractivity contribution in [2.45, 2.75) is 26.8 Å². The van der Waals surface area contributed by atoms with Crippen molar-refractivity contribution in [3.05, 3.63) is 57.6 Å². The van der Waals surface area contributed by atoms with Crippen LogP contribution in [0.1, 0.15) is 31.4 Å². The molecule has 1 saturated heterocycles. The fourth-order valence-electron chi connectivity index (χ4n) is 3.31. The van der Waals surface area contributed by atoms with E-state index in [4.69, 9.17) is 20.6 Å². The molecule has 2 aromatic carbocycles. The van der Waals surface area contributed by atoms with Crippen molar-refractivity contribution in [1.29, 1.82) is 0 Å². The SMILES string of the molecule is C#CCOc1ccc(Br)cc1/C=C1\C(=O)NC(=O)N(Cc2ccc(OCCC)c(OCC)c2)C1=O. The number of benzene rings is 2. The van der Waals surface area contributed by atoms with Gasteiger partial charge in [0, 0.05) is 10.0 Å². The highest BCUT2D eigenvalue weighted by Crippen LogP contribution is 2.30. The zero-order valence-corrected chi connectivity index (χ0v) is 21.0. The first-order chi connectivity index (χ1) is 16.9. The van der Waals surface area contributed by atoms with Crippen molar-refractivity contribution < 1.29 is 28.6 Å². The van der Waals surface area contributed by atoms with Crippen LogP contribution < -0.4 is 19.5 Å². The van der Waals surface area contributed by atoms with Crippen LogP contribution in [-0.2, 0) is 16.1 Å². The van der Waals surface area contributed by atoms with E-state index in [1.807, 2.05) is 13.8 Å². The first-order valence-corrected chi connectivity index (χ1v) is 11.8. The van der Waals surface area contributed by atoms with Gasteiger partial charge in [0.1, 0.15) is 17.9 Å². The van der Waals surface area contributed by atoms with Crippen LogP contribution in [0.5, 0.6) is 17.2 Å². The summed E-state index contributed by atoms with van der Waals surface area (Å²) < 4.78 is 17.6. The smallest absolute Gasteiger partial charge is 0.331 e. The second-order valence-electron chi connectivity index (χ2n) is 7.45. The molecule has 0 radical (unpaired) electrons. The number of carbonyl (C=O) groups excluding carboxylic acids is 3. The lowest BCUT2D eigenvalue weighted by molar-refractivity contribution is -0.130. The molecular weight excluding hydrogens is 516 g/mol. The number of imide groups is 2. The molecule has 9 heteroatoms. The summed E-state index contributed by atoms with van der Waals surface area (Å²) in [6.45, 7) is 4.76. The lowest BCUT2D eigenvalue weighted by Gasteiger charge is -2.27. The molecule has 0 aromatic heterocycles. The Morgan fingerprint density at radius 2 is 1.80 bits per heavy atom. The van der Waals surface area contributed by atoms with Crippen LogP contribution in [0.15, 0.2) is 46.4 Å². The predicted octanol–water partition coefficient (Wildman–Crippen LogP) is 4.31. The van der Waals surface area contributed by atoms with Crippen LogP contribution in [0.2, 0.25) is 0 Å². The van der Waals surface area contributed by atoms with Gasteiger partial charge in [0.05, 0.1) is 19.8 Å². The summed E-state index contributed by atoms with van der Waals surface area (Å²) in [7, 11) is 0. The average Bonchev–Trinajstić information content (AvgIpc) is 2.83. The third-order valence-corrected chi connectivity index (χ3v) is 5.37. The number of rotatable bonds is 10. The van der Waals surface area contributed by atoms with Gasteiger partial charge in [-0.3, -0.25) is 19.8 Å². The maximum absolute atomic E-state index is 13.2. The van der Waals surface area contributed by atoms with Gasteiger partial charge in [-0.15, -0.1) is 6.42 Å². The number of carbonyl (C=O) groups is 3. The average molecular weight is 541 g/mol. The molecule has 8 nitrogen and oxygen atoms in total. The number of barbiturate groups is 1. The molecule has 182 valence electrons. The van der Waals surface area contributed by atoms with E-state index in [0.717, 1.165) is 11.3 Å². The monoisotopic (exact) mass is 540 g/mol. The van der Waals surface area contributed by atoms with E-state index >= 15 is 0 Å². The van der Waals surface area contributed by atoms with Gasteiger partial charge in [-0.1, -0.05) is 34.8 Å². The number of ether oxygens (including phenoxy) is 3. The van der Waals surface area contributed by atoms with Gasteiger partial charge in [0.25, 0.3) is 11.8 Å². The number of urea groups is 1. The zero-order valence-electron chi connectivity index (χ0n) is 19.4. The molecule has 2 aromatic rings. The molecule has 35 heavy (non-hydrogen) atoms.